The fraction of sp³-hybridized carbons (Fsp3) is 0.600. The molecule has 5 heteroatoms. The van der Waals surface area contributed by atoms with E-state index in [1.165, 1.54) is 11.1 Å². The van der Waals surface area contributed by atoms with Crippen molar-refractivity contribution >= 4 is 7.82 Å². The van der Waals surface area contributed by atoms with Crippen molar-refractivity contribution in [1.29, 1.82) is 0 Å². The molecule has 0 atom stereocenters. The minimum absolute atomic E-state index is 0.0655. The molecule has 2 rings (SSSR count). The van der Waals surface area contributed by atoms with Crippen LogP contribution in [0.4, 0.5) is 0 Å². The minimum Gasteiger partial charge on any atom is -0.303 e. The molecular formula is C30H47O4P. The Labute approximate surface area is 213 Å². The maximum absolute atomic E-state index is 12.4. The fourth-order valence-corrected chi connectivity index (χ4v) is 5.25. The third-order valence-corrected chi connectivity index (χ3v) is 7.32. The van der Waals surface area contributed by atoms with E-state index in [2.05, 4.69) is 107 Å². The van der Waals surface area contributed by atoms with Gasteiger partial charge in [-0.15, -0.1) is 0 Å². The zero-order chi connectivity index (χ0) is 27.4. The van der Waals surface area contributed by atoms with Gasteiger partial charge < -0.3 is 9.79 Å². The molecule has 0 saturated carbocycles. The van der Waals surface area contributed by atoms with E-state index in [4.69, 9.17) is 4.52 Å². The molecular weight excluding hydrogens is 455 g/mol. The molecule has 2 aromatic rings. The summed E-state index contributed by atoms with van der Waals surface area (Å²) in [5, 5.41) is 0. The predicted molar refractivity (Wildman–Crippen MR) is 147 cm³/mol. The summed E-state index contributed by atoms with van der Waals surface area (Å²) in [6.07, 6.45) is 0. The second kappa shape index (κ2) is 9.14. The van der Waals surface area contributed by atoms with Gasteiger partial charge in [-0.25, -0.2) is 4.57 Å². The highest BCUT2D eigenvalue weighted by Crippen LogP contribution is 2.53. The quantitative estimate of drug-likeness (QED) is 0.413. The van der Waals surface area contributed by atoms with E-state index in [0.717, 1.165) is 22.3 Å². The fourth-order valence-electron chi connectivity index (χ4n) is 4.58. The number of benzene rings is 2. The van der Waals surface area contributed by atoms with Crippen LogP contribution in [0.25, 0.3) is 0 Å². The van der Waals surface area contributed by atoms with Crippen LogP contribution in [-0.4, -0.2) is 9.79 Å². The van der Waals surface area contributed by atoms with Crippen molar-refractivity contribution in [2.24, 2.45) is 0 Å². The summed E-state index contributed by atoms with van der Waals surface area (Å²) < 4.78 is 18.2. The Balaban J connectivity index is 3.05. The van der Waals surface area contributed by atoms with Gasteiger partial charge >= 0.3 is 7.82 Å². The van der Waals surface area contributed by atoms with Crippen LogP contribution >= 0.6 is 7.82 Å². The van der Waals surface area contributed by atoms with Gasteiger partial charge in [0.05, 0.1) is 0 Å². The summed E-state index contributed by atoms with van der Waals surface area (Å²) in [7, 11) is -4.85. The average Bonchev–Trinajstić information content (AvgIpc) is 2.62. The van der Waals surface area contributed by atoms with Crippen molar-refractivity contribution in [3.05, 3.63) is 69.8 Å². The Morgan fingerprint density at radius 1 is 0.543 bits per heavy atom. The lowest BCUT2D eigenvalue weighted by atomic mass is 9.70. The molecule has 0 aliphatic heterocycles. The summed E-state index contributed by atoms with van der Waals surface area (Å²) in [6.45, 7) is 27.6. The topological polar surface area (TPSA) is 66.8 Å². The first kappa shape index (κ1) is 29.8. The molecule has 0 bridgehead atoms. The van der Waals surface area contributed by atoms with Crippen LogP contribution in [0, 0.1) is 0 Å². The Bertz CT molecular complexity index is 1040. The molecule has 35 heavy (non-hydrogen) atoms. The van der Waals surface area contributed by atoms with Gasteiger partial charge in [-0.05, 0) is 62.0 Å². The summed E-state index contributed by atoms with van der Waals surface area (Å²) in [5.74, 6) is 0. The lowest BCUT2D eigenvalue weighted by Gasteiger charge is -2.40. The van der Waals surface area contributed by atoms with Crippen molar-refractivity contribution in [3.8, 4) is 0 Å². The number of hydrogen-bond donors (Lipinski definition) is 2. The van der Waals surface area contributed by atoms with Crippen molar-refractivity contribution in [3.63, 3.8) is 0 Å². The maximum atomic E-state index is 12.4. The van der Waals surface area contributed by atoms with Crippen LogP contribution in [0.15, 0.2) is 36.4 Å². The maximum Gasteiger partial charge on any atom is 0.470 e. The molecule has 0 aromatic heterocycles. The molecule has 0 fully saturated rings. The van der Waals surface area contributed by atoms with Crippen molar-refractivity contribution < 1.29 is 18.9 Å². The third kappa shape index (κ3) is 6.86. The van der Waals surface area contributed by atoms with Crippen LogP contribution in [0.2, 0.25) is 0 Å². The summed E-state index contributed by atoms with van der Waals surface area (Å²) in [6, 6.07) is 12.5. The van der Waals surface area contributed by atoms with Crippen molar-refractivity contribution in [1.82, 2.24) is 0 Å². The standard InChI is InChI=1S/C30H47O4P/c1-26(2,3)20-14-16-22(24(18-20)28(7,8)9)30(13,34-35(31,32)33)23-17-15-21(27(4,5)6)19-25(23)29(10,11)12/h14-19H,1-13H3,(H2,31,32,33). The Morgan fingerprint density at radius 3 is 1.09 bits per heavy atom. The van der Waals surface area contributed by atoms with Crippen LogP contribution in [-0.2, 0) is 36.3 Å². The van der Waals surface area contributed by atoms with Crippen molar-refractivity contribution in [2.45, 2.75) is 117 Å². The minimum atomic E-state index is -4.85. The monoisotopic (exact) mass is 502 g/mol. The molecule has 2 aromatic carbocycles. The largest absolute Gasteiger partial charge is 0.470 e. The summed E-state index contributed by atoms with van der Waals surface area (Å²) in [4.78, 5) is 20.2. The van der Waals surface area contributed by atoms with E-state index in [1.807, 2.05) is 12.1 Å². The zero-order valence-electron chi connectivity index (χ0n) is 24.1. The first-order valence-corrected chi connectivity index (χ1v) is 14.0. The smallest absolute Gasteiger partial charge is 0.303 e. The highest BCUT2D eigenvalue weighted by Gasteiger charge is 2.43. The molecule has 0 unspecified atom stereocenters. The molecule has 0 aliphatic carbocycles. The van der Waals surface area contributed by atoms with Crippen LogP contribution in [0.5, 0.6) is 0 Å². The number of phosphoric ester groups is 1. The van der Waals surface area contributed by atoms with E-state index >= 15 is 0 Å². The van der Waals surface area contributed by atoms with Gasteiger partial charge in [0, 0.05) is 0 Å². The van der Waals surface area contributed by atoms with Gasteiger partial charge in [0.15, 0.2) is 0 Å². The van der Waals surface area contributed by atoms with E-state index in [9.17, 15) is 14.4 Å². The molecule has 0 spiro atoms. The van der Waals surface area contributed by atoms with Gasteiger partial charge in [-0.2, -0.15) is 0 Å². The summed E-state index contributed by atoms with van der Waals surface area (Å²) >= 11 is 0. The average molecular weight is 503 g/mol. The lowest BCUT2D eigenvalue weighted by molar-refractivity contribution is 0.0778. The highest BCUT2D eigenvalue weighted by atomic mass is 31.2. The van der Waals surface area contributed by atoms with E-state index < -0.39 is 13.4 Å². The Morgan fingerprint density at radius 2 is 0.857 bits per heavy atom. The SMILES string of the molecule is CC(C)(C)c1ccc(C(C)(OP(=O)(O)O)c2ccc(C(C)(C)C)cc2C(C)(C)C)c(C(C)(C)C)c1. The molecule has 0 amide bonds. The van der Waals surface area contributed by atoms with Gasteiger partial charge in [-0.3, -0.25) is 4.52 Å². The van der Waals surface area contributed by atoms with Gasteiger partial charge in [-0.1, -0.05) is 119 Å². The second-order valence-electron chi connectivity index (χ2n) is 14.1. The summed E-state index contributed by atoms with van der Waals surface area (Å²) in [5.41, 5.74) is 3.87. The van der Waals surface area contributed by atoms with E-state index in [-0.39, 0.29) is 21.7 Å². The molecule has 0 radical (unpaired) electrons. The second-order valence-corrected chi connectivity index (χ2v) is 15.3. The van der Waals surface area contributed by atoms with Crippen LogP contribution < -0.4 is 0 Å². The predicted octanol–water partition coefficient (Wildman–Crippen LogP) is 8.25. The molecule has 0 aliphatic rings. The lowest BCUT2D eigenvalue weighted by Crippen LogP contribution is -2.34. The Kier molecular flexibility index (Phi) is 7.77. The van der Waals surface area contributed by atoms with E-state index in [1.54, 1.807) is 6.92 Å². The van der Waals surface area contributed by atoms with Crippen LogP contribution in [0.1, 0.15) is 123 Å². The molecule has 0 heterocycles. The van der Waals surface area contributed by atoms with E-state index in [0.29, 0.717) is 0 Å². The molecule has 196 valence electrons. The first-order valence-electron chi connectivity index (χ1n) is 12.4. The Hall–Kier alpha value is -1.45. The molecule has 4 nitrogen and oxygen atoms in total. The normalized spacial score (nSPS) is 14.4. The van der Waals surface area contributed by atoms with Gasteiger partial charge in [0.2, 0.25) is 0 Å². The van der Waals surface area contributed by atoms with Gasteiger partial charge in [0.1, 0.15) is 5.60 Å². The highest BCUT2D eigenvalue weighted by molar-refractivity contribution is 7.46. The van der Waals surface area contributed by atoms with Gasteiger partial charge in [0.25, 0.3) is 0 Å². The number of phosphoric acid groups is 1. The number of hydrogen-bond acceptors (Lipinski definition) is 2. The first-order chi connectivity index (χ1) is 15.4. The molecule has 2 N–H and O–H groups in total. The number of rotatable bonds is 4. The zero-order valence-corrected chi connectivity index (χ0v) is 25.0. The third-order valence-electron chi connectivity index (χ3n) is 6.72. The van der Waals surface area contributed by atoms with Crippen LogP contribution in [0.3, 0.4) is 0 Å². The van der Waals surface area contributed by atoms with Crippen molar-refractivity contribution in [2.75, 3.05) is 0 Å². The molecule has 0 saturated heterocycles.